The fraction of sp³-hybridized carbons (Fsp3) is 0.125. The predicted octanol–water partition coefficient (Wildman–Crippen LogP) is 2.72. The predicted molar refractivity (Wildman–Crippen MR) is 79.3 cm³/mol. The van der Waals surface area contributed by atoms with Gasteiger partial charge in [0.05, 0.1) is 12.8 Å². The van der Waals surface area contributed by atoms with E-state index in [4.69, 9.17) is 14.6 Å². The molecule has 0 saturated carbocycles. The van der Waals surface area contributed by atoms with Crippen molar-refractivity contribution in [2.24, 2.45) is 0 Å². The number of hydrogen-bond acceptors (Lipinski definition) is 4. The molecule has 21 heavy (non-hydrogen) atoms. The summed E-state index contributed by atoms with van der Waals surface area (Å²) in [5, 5.41) is 8.62. The number of benzene rings is 1. The maximum Gasteiger partial charge on any atom is 0.341 e. The van der Waals surface area contributed by atoms with Crippen LogP contribution in [0.2, 0.25) is 0 Å². The van der Waals surface area contributed by atoms with Gasteiger partial charge >= 0.3 is 5.97 Å². The lowest BCUT2D eigenvalue weighted by Gasteiger charge is -2.09. The number of pyridine rings is 1. The first-order valence-electron chi connectivity index (χ1n) is 6.31. The molecule has 108 valence electrons. The molecule has 0 fully saturated rings. The van der Waals surface area contributed by atoms with Gasteiger partial charge in [0.1, 0.15) is 0 Å². The average Bonchev–Trinajstić information content (AvgIpc) is 2.52. The maximum absolute atomic E-state index is 10.5. The molecule has 0 aliphatic heterocycles. The van der Waals surface area contributed by atoms with Crippen LogP contribution in [0, 0.1) is 0 Å². The van der Waals surface area contributed by atoms with E-state index in [-0.39, 0.29) is 0 Å². The third-order valence-electron chi connectivity index (χ3n) is 2.67. The highest BCUT2D eigenvalue weighted by Crippen LogP contribution is 2.28. The highest BCUT2D eigenvalue weighted by Gasteiger charge is 2.06. The zero-order chi connectivity index (χ0) is 15.1. The minimum absolute atomic E-state index is 0.398. The lowest BCUT2D eigenvalue weighted by atomic mass is 10.1. The molecule has 1 aromatic heterocycles. The second-order valence-electron chi connectivity index (χ2n) is 4.18. The van der Waals surface area contributed by atoms with Gasteiger partial charge in [-0.25, -0.2) is 4.79 Å². The number of methoxy groups -OCH3 is 1. The summed E-state index contributed by atoms with van der Waals surface area (Å²) < 4.78 is 10.3. The van der Waals surface area contributed by atoms with Crippen molar-refractivity contribution in [1.29, 1.82) is 0 Å². The van der Waals surface area contributed by atoms with Crippen LogP contribution in [0.15, 0.2) is 42.6 Å². The summed E-state index contributed by atoms with van der Waals surface area (Å²) >= 11 is 0. The molecular formula is C16H15NO4. The van der Waals surface area contributed by atoms with Crippen molar-refractivity contribution in [3.05, 3.63) is 53.9 Å². The van der Waals surface area contributed by atoms with Crippen LogP contribution in [-0.2, 0) is 4.79 Å². The number of rotatable bonds is 6. The Labute approximate surface area is 122 Å². The van der Waals surface area contributed by atoms with Crippen molar-refractivity contribution in [1.82, 2.24) is 4.98 Å². The Bertz CT molecular complexity index is 638. The van der Waals surface area contributed by atoms with Gasteiger partial charge in [-0.1, -0.05) is 18.2 Å². The smallest absolute Gasteiger partial charge is 0.341 e. The Balaban J connectivity index is 2.15. The number of ether oxygens (including phenoxy) is 2. The van der Waals surface area contributed by atoms with Gasteiger partial charge in [0.15, 0.2) is 18.1 Å². The van der Waals surface area contributed by atoms with E-state index in [1.165, 1.54) is 7.11 Å². The molecule has 1 heterocycles. The molecule has 0 aliphatic carbocycles. The molecule has 5 heteroatoms. The molecule has 2 aromatic rings. The molecule has 0 bridgehead atoms. The van der Waals surface area contributed by atoms with Crippen molar-refractivity contribution in [3.63, 3.8) is 0 Å². The first-order valence-corrected chi connectivity index (χ1v) is 6.31. The van der Waals surface area contributed by atoms with Crippen LogP contribution in [0.3, 0.4) is 0 Å². The van der Waals surface area contributed by atoms with Gasteiger partial charge in [0.25, 0.3) is 0 Å². The van der Waals surface area contributed by atoms with Gasteiger partial charge in [0, 0.05) is 6.20 Å². The summed E-state index contributed by atoms with van der Waals surface area (Å²) in [5.74, 6) is -0.148. The molecule has 0 unspecified atom stereocenters. The zero-order valence-electron chi connectivity index (χ0n) is 11.5. The van der Waals surface area contributed by atoms with E-state index in [1.807, 2.05) is 36.4 Å². The number of carboxylic acids is 1. The highest BCUT2D eigenvalue weighted by molar-refractivity contribution is 5.70. The van der Waals surface area contributed by atoms with Crippen molar-refractivity contribution < 1.29 is 19.4 Å². The van der Waals surface area contributed by atoms with Crippen molar-refractivity contribution in [2.45, 2.75) is 0 Å². The third-order valence-corrected chi connectivity index (χ3v) is 2.67. The lowest BCUT2D eigenvalue weighted by molar-refractivity contribution is -0.139. The molecule has 0 aliphatic rings. The van der Waals surface area contributed by atoms with E-state index in [0.29, 0.717) is 11.5 Å². The van der Waals surface area contributed by atoms with Gasteiger partial charge in [-0.05, 0) is 35.9 Å². The molecular weight excluding hydrogens is 270 g/mol. The largest absolute Gasteiger partial charge is 0.493 e. The second kappa shape index (κ2) is 7.09. The van der Waals surface area contributed by atoms with E-state index < -0.39 is 12.6 Å². The number of aliphatic carboxylic acids is 1. The number of nitrogens with zero attached hydrogens (tertiary/aromatic N) is 1. The second-order valence-corrected chi connectivity index (χ2v) is 4.18. The Morgan fingerprint density at radius 3 is 2.76 bits per heavy atom. The third kappa shape index (κ3) is 4.35. The zero-order valence-corrected chi connectivity index (χ0v) is 11.5. The normalized spacial score (nSPS) is 10.5. The average molecular weight is 285 g/mol. The molecule has 1 N–H and O–H groups in total. The highest BCUT2D eigenvalue weighted by atomic mass is 16.5. The number of carbonyl (C=O) groups is 1. The van der Waals surface area contributed by atoms with Crippen LogP contribution in [0.25, 0.3) is 12.2 Å². The lowest BCUT2D eigenvalue weighted by Crippen LogP contribution is -2.10. The summed E-state index contributed by atoms with van der Waals surface area (Å²) in [6.07, 6.45) is 5.50. The number of aromatic nitrogens is 1. The van der Waals surface area contributed by atoms with Crippen LogP contribution < -0.4 is 9.47 Å². The van der Waals surface area contributed by atoms with Crippen LogP contribution in [0.4, 0.5) is 0 Å². The van der Waals surface area contributed by atoms with E-state index in [2.05, 4.69) is 4.98 Å². The molecule has 0 radical (unpaired) electrons. The maximum atomic E-state index is 10.5. The van der Waals surface area contributed by atoms with Gasteiger partial charge in [0.2, 0.25) is 0 Å². The van der Waals surface area contributed by atoms with Crippen LogP contribution in [-0.4, -0.2) is 29.8 Å². The molecule has 0 atom stereocenters. The minimum atomic E-state index is -1.03. The monoisotopic (exact) mass is 285 g/mol. The van der Waals surface area contributed by atoms with E-state index in [0.717, 1.165) is 11.3 Å². The topological polar surface area (TPSA) is 68.7 Å². The minimum Gasteiger partial charge on any atom is -0.493 e. The molecule has 0 saturated heterocycles. The summed E-state index contributed by atoms with van der Waals surface area (Å²) in [4.78, 5) is 14.7. The molecule has 0 amide bonds. The standard InChI is InChI=1S/C16H15NO4/c1-20-15-10-12(5-7-13-4-2-3-9-17-13)6-8-14(15)21-11-16(18)19/h2-10H,11H2,1H3,(H,18,19)/b7-5+. The van der Waals surface area contributed by atoms with Crippen molar-refractivity contribution >= 4 is 18.1 Å². The first kappa shape index (κ1) is 14.6. The van der Waals surface area contributed by atoms with E-state index in [9.17, 15) is 4.79 Å². The molecule has 0 spiro atoms. The number of carboxylic acid groups (broad SMARTS) is 1. The summed E-state index contributed by atoms with van der Waals surface area (Å²) in [6.45, 7) is -0.403. The van der Waals surface area contributed by atoms with Gasteiger partial charge in [-0.2, -0.15) is 0 Å². The molecule has 5 nitrogen and oxygen atoms in total. The Hall–Kier alpha value is -2.82. The summed E-state index contributed by atoms with van der Waals surface area (Å²) in [6, 6.07) is 10.9. The molecule has 1 aromatic carbocycles. The van der Waals surface area contributed by atoms with Gasteiger partial charge in [-0.15, -0.1) is 0 Å². The first-order chi connectivity index (χ1) is 10.2. The summed E-state index contributed by atoms with van der Waals surface area (Å²) in [5.41, 5.74) is 1.75. The Morgan fingerprint density at radius 1 is 1.24 bits per heavy atom. The fourth-order valence-electron chi connectivity index (χ4n) is 1.70. The summed E-state index contributed by atoms with van der Waals surface area (Å²) in [7, 11) is 1.51. The fourth-order valence-corrected chi connectivity index (χ4v) is 1.70. The SMILES string of the molecule is COc1cc(/C=C/c2ccccn2)ccc1OCC(=O)O. The van der Waals surface area contributed by atoms with Gasteiger partial charge < -0.3 is 14.6 Å². The van der Waals surface area contributed by atoms with Crippen molar-refractivity contribution in [3.8, 4) is 11.5 Å². The molecule has 2 rings (SSSR count). The van der Waals surface area contributed by atoms with Crippen molar-refractivity contribution in [2.75, 3.05) is 13.7 Å². The number of hydrogen-bond donors (Lipinski definition) is 1. The van der Waals surface area contributed by atoms with Crippen LogP contribution in [0.1, 0.15) is 11.3 Å². The van der Waals surface area contributed by atoms with Crippen LogP contribution in [0.5, 0.6) is 11.5 Å². The Morgan fingerprint density at radius 2 is 2.10 bits per heavy atom. The van der Waals surface area contributed by atoms with Crippen LogP contribution >= 0.6 is 0 Å². The van der Waals surface area contributed by atoms with Gasteiger partial charge in [-0.3, -0.25) is 4.98 Å². The van der Waals surface area contributed by atoms with E-state index in [1.54, 1.807) is 18.3 Å². The van der Waals surface area contributed by atoms with E-state index >= 15 is 0 Å². The quantitative estimate of drug-likeness (QED) is 0.883. The Kier molecular flexibility index (Phi) is 4.93.